The summed E-state index contributed by atoms with van der Waals surface area (Å²) in [5.41, 5.74) is 1.82. The summed E-state index contributed by atoms with van der Waals surface area (Å²) >= 11 is 0. The van der Waals surface area contributed by atoms with Gasteiger partial charge in [-0.3, -0.25) is 0 Å². The smallest absolute Gasteiger partial charge is 0.236 e. The van der Waals surface area contributed by atoms with Gasteiger partial charge in [-0.15, -0.1) is 0 Å². The lowest BCUT2D eigenvalue weighted by Crippen LogP contribution is -2.01. The predicted octanol–water partition coefficient (Wildman–Crippen LogP) is 2.09. The maximum absolute atomic E-state index is 11.0. The Hall–Kier alpha value is -0.940. The van der Waals surface area contributed by atoms with E-state index in [1.54, 1.807) is 13.8 Å². The number of methoxy groups -OCH3 is 1. The van der Waals surface area contributed by atoms with Crippen LogP contribution in [0, 0.1) is 13.8 Å². The molecular weight excluding hydrogens is 252 g/mol. The molecule has 1 aromatic carbocycles. The van der Waals surface area contributed by atoms with Crippen LogP contribution in [0.2, 0.25) is 0 Å². The third-order valence-corrected chi connectivity index (χ3v) is 3.47. The minimum Gasteiger partial charge on any atom is -0.504 e. The fraction of sp³-hybridized carbons (Fsp3) is 0.400. The van der Waals surface area contributed by atoms with E-state index < -0.39 is 9.05 Å². The van der Waals surface area contributed by atoms with E-state index >= 15 is 0 Å². The zero-order chi connectivity index (χ0) is 12.5. The number of hydrogen-bond acceptors (Lipinski definition) is 4. The first-order valence-electron chi connectivity index (χ1n) is 4.54. The number of hydrogen-bond donors (Lipinski definition) is 1. The summed E-state index contributed by atoms with van der Waals surface area (Å²) in [5.74, 6) is -0.00754. The lowest BCUT2D eigenvalue weighted by atomic mass is 10.0. The Labute approximate surface area is 99.2 Å². The van der Waals surface area contributed by atoms with Gasteiger partial charge in [-0.05, 0) is 36.6 Å². The second-order valence-corrected chi connectivity index (χ2v) is 6.30. The van der Waals surface area contributed by atoms with Gasteiger partial charge in [-0.1, -0.05) is 0 Å². The van der Waals surface area contributed by atoms with Crippen molar-refractivity contribution in [2.24, 2.45) is 0 Å². The summed E-state index contributed by atoms with van der Waals surface area (Å²) in [6.07, 6.45) is 0. The van der Waals surface area contributed by atoms with Crippen molar-refractivity contribution in [2.75, 3.05) is 7.11 Å². The molecule has 0 amide bonds. The van der Waals surface area contributed by atoms with Gasteiger partial charge in [-0.25, -0.2) is 8.42 Å². The van der Waals surface area contributed by atoms with Crippen LogP contribution < -0.4 is 4.74 Å². The van der Waals surface area contributed by atoms with Crippen molar-refractivity contribution < 1.29 is 18.3 Å². The Morgan fingerprint density at radius 3 is 2.38 bits per heavy atom. The first-order valence-corrected chi connectivity index (χ1v) is 7.02. The number of benzene rings is 1. The van der Waals surface area contributed by atoms with Gasteiger partial charge in [0.05, 0.1) is 12.9 Å². The minimum absolute atomic E-state index is 0.0238. The van der Waals surface area contributed by atoms with Crippen molar-refractivity contribution in [3.05, 3.63) is 22.8 Å². The second kappa shape index (κ2) is 4.51. The van der Waals surface area contributed by atoms with Crippen LogP contribution >= 0.6 is 10.7 Å². The van der Waals surface area contributed by atoms with E-state index in [0.717, 1.165) is 0 Å². The van der Waals surface area contributed by atoms with E-state index in [0.29, 0.717) is 16.7 Å². The zero-order valence-electron chi connectivity index (χ0n) is 9.24. The first kappa shape index (κ1) is 13.1. The molecule has 0 aromatic heterocycles. The van der Waals surface area contributed by atoms with Gasteiger partial charge in [0.15, 0.2) is 11.5 Å². The summed E-state index contributed by atoms with van der Waals surface area (Å²) in [6.45, 7) is 3.42. The molecule has 4 nitrogen and oxygen atoms in total. The number of phenols is 1. The van der Waals surface area contributed by atoms with Gasteiger partial charge in [0.1, 0.15) is 0 Å². The summed E-state index contributed by atoms with van der Waals surface area (Å²) in [7, 11) is 2.98. The Morgan fingerprint density at radius 1 is 1.38 bits per heavy atom. The zero-order valence-corrected chi connectivity index (χ0v) is 10.8. The van der Waals surface area contributed by atoms with Crippen LogP contribution in [0.15, 0.2) is 6.07 Å². The highest BCUT2D eigenvalue weighted by atomic mass is 35.7. The standard InChI is InChI=1S/C10H13ClO4S/c1-6-7(2)10(12)9(15-3)4-8(6)5-16(11,13)14/h4,12H,5H2,1-3H3. The van der Waals surface area contributed by atoms with Crippen LogP contribution in [0.4, 0.5) is 0 Å². The SMILES string of the molecule is COc1cc(CS(=O)(=O)Cl)c(C)c(C)c1O. The molecule has 1 aromatic rings. The van der Waals surface area contributed by atoms with Gasteiger partial charge in [0.2, 0.25) is 9.05 Å². The number of rotatable bonds is 3. The molecule has 0 bridgehead atoms. The molecule has 0 saturated heterocycles. The predicted molar refractivity (Wildman–Crippen MR) is 62.6 cm³/mol. The van der Waals surface area contributed by atoms with Crippen molar-refractivity contribution in [1.82, 2.24) is 0 Å². The third kappa shape index (κ3) is 2.80. The lowest BCUT2D eigenvalue weighted by Gasteiger charge is -2.13. The highest BCUT2D eigenvalue weighted by Gasteiger charge is 2.16. The molecule has 90 valence electrons. The normalized spacial score (nSPS) is 11.5. The Kier molecular flexibility index (Phi) is 3.70. The Bertz CT molecular complexity index is 508. The summed E-state index contributed by atoms with van der Waals surface area (Å²) < 4.78 is 27.0. The monoisotopic (exact) mass is 264 g/mol. The van der Waals surface area contributed by atoms with Crippen LogP contribution in [-0.2, 0) is 14.8 Å². The van der Waals surface area contributed by atoms with E-state index in [1.165, 1.54) is 13.2 Å². The number of ether oxygens (including phenoxy) is 1. The molecule has 6 heteroatoms. The average molecular weight is 265 g/mol. The van der Waals surface area contributed by atoms with Crippen molar-refractivity contribution in [3.63, 3.8) is 0 Å². The molecule has 0 radical (unpaired) electrons. The molecule has 16 heavy (non-hydrogen) atoms. The molecule has 0 atom stereocenters. The van der Waals surface area contributed by atoms with Gasteiger partial charge >= 0.3 is 0 Å². The van der Waals surface area contributed by atoms with E-state index in [2.05, 4.69) is 0 Å². The van der Waals surface area contributed by atoms with Crippen LogP contribution in [0.1, 0.15) is 16.7 Å². The van der Waals surface area contributed by atoms with Gasteiger partial charge in [0, 0.05) is 10.7 Å². The lowest BCUT2D eigenvalue weighted by molar-refractivity contribution is 0.371. The third-order valence-electron chi connectivity index (χ3n) is 2.49. The highest BCUT2D eigenvalue weighted by molar-refractivity contribution is 8.13. The molecule has 0 fully saturated rings. The average Bonchev–Trinajstić information content (AvgIpc) is 2.17. The molecule has 1 N–H and O–H groups in total. The molecule has 0 unspecified atom stereocenters. The maximum atomic E-state index is 11.0. The fourth-order valence-electron chi connectivity index (χ4n) is 1.43. The number of aromatic hydroxyl groups is 1. The molecule has 0 aliphatic carbocycles. The number of phenolic OH excluding ortho intramolecular Hbond substituents is 1. The molecule has 0 saturated carbocycles. The summed E-state index contributed by atoms with van der Waals surface area (Å²) in [5, 5.41) is 9.69. The topological polar surface area (TPSA) is 63.6 Å². The van der Waals surface area contributed by atoms with Gasteiger partial charge in [0.25, 0.3) is 0 Å². The van der Waals surface area contributed by atoms with E-state index in [-0.39, 0.29) is 17.3 Å². The Morgan fingerprint density at radius 2 is 1.94 bits per heavy atom. The van der Waals surface area contributed by atoms with Crippen molar-refractivity contribution in [1.29, 1.82) is 0 Å². The van der Waals surface area contributed by atoms with Crippen LogP contribution in [0.5, 0.6) is 11.5 Å². The minimum atomic E-state index is -3.62. The quantitative estimate of drug-likeness (QED) is 0.849. The summed E-state index contributed by atoms with van der Waals surface area (Å²) in [4.78, 5) is 0. The van der Waals surface area contributed by atoms with Gasteiger partial charge < -0.3 is 9.84 Å². The molecule has 0 aliphatic rings. The molecule has 0 heterocycles. The van der Waals surface area contributed by atoms with Crippen LogP contribution in [-0.4, -0.2) is 20.6 Å². The van der Waals surface area contributed by atoms with E-state index in [4.69, 9.17) is 15.4 Å². The van der Waals surface area contributed by atoms with E-state index in [1.807, 2.05) is 0 Å². The fourth-order valence-corrected chi connectivity index (χ4v) is 2.45. The van der Waals surface area contributed by atoms with Crippen LogP contribution in [0.3, 0.4) is 0 Å². The molecule has 1 rings (SSSR count). The second-order valence-electron chi connectivity index (χ2n) is 3.52. The molecule has 0 aliphatic heterocycles. The van der Waals surface area contributed by atoms with Crippen molar-refractivity contribution >= 4 is 19.7 Å². The molecule has 0 spiro atoms. The van der Waals surface area contributed by atoms with Crippen LogP contribution in [0.25, 0.3) is 0 Å². The van der Waals surface area contributed by atoms with Gasteiger partial charge in [-0.2, -0.15) is 0 Å². The first-order chi connectivity index (χ1) is 7.26. The van der Waals surface area contributed by atoms with Crippen molar-refractivity contribution in [2.45, 2.75) is 19.6 Å². The maximum Gasteiger partial charge on any atom is 0.236 e. The van der Waals surface area contributed by atoms with Crippen molar-refractivity contribution in [3.8, 4) is 11.5 Å². The molecular formula is C10H13ClO4S. The highest BCUT2D eigenvalue weighted by Crippen LogP contribution is 2.34. The summed E-state index contributed by atoms with van der Waals surface area (Å²) in [6, 6.07) is 1.48. The van der Waals surface area contributed by atoms with E-state index in [9.17, 15) is 13.5 Å². The number of halogens is 1. The largest absolute Gasteiger partial charge is 0.504 e. The Balaban J connectivity index is 3.36.